The van der Waals surface area contributed by atoms with Crippen LogP contribution in [0.25, 0.3) is 33.1 Å². The zero-order valence-electron chi connectivity index (χ0n) is 17.5. The summed E-state index contributed by atoms with van der Waals surface area (Å²) < 4.78 is 27.1. The van der Waals surface area contributed by atoms with Crippen molar-refractivity contribution in [1.82, 2.24) is 0 Å². The van der Waals surface area contributed by atoms with E-state index in [0.717, 1.165) is 6.07 Å². The summed E-state index contributed by atoms with van der Waals surface area (Å²) in [6.45, 7) is -0.646. The molecule has 0 saturated carbocycles. The van der Waals surface area contributed by atoms with E-state index in [1.165, 1.54) is 25.3 Å². The Morgan fingerprint density at radius 2 is 1.65 bits per heavy atom. The van der Waals surface area contributed by atoms with Crippen molar-refractivity contribution in [2.45, 2.75) is 30.7 Å². The molecule has 12 heteroatoms. The fourth-order valence-corrected chi connectivity index (χ4v) is 4.02. The summed E-state index contributed by atoms with van der Waals surface area (Å²) in [5.41, 5.74) is -0.575. The number of furan rings is 1. The number of hydrogen-bond donors (Lipinski definition) is 6. The first-order valence-electron chi connectivity index (χ1n) is 10.1. The average molecular weight is 476 g/mol. The number of rotatable bonds is 4. The third kappa shape index (κ3) is 3.31. The van der Waals surface area contributed by atoms with Crippen LogP contribution in [0.2, 0.25) is 0 Å². The van der Waals surface area contributed by atoms with E-state index in [-0.39, 0.29) is 45.0 Å². The third-order valence-electron chi connectivity index (χ3n) is 5.77. The molecule has 6 N–H and O–H groups in total. The van der Waals surface area contributed by atoms with Gasteiger partial charge in [0.1, 0.15) is 57.9 Å². The van der Waals surface area contributed by atoms with E-state index in [2.05, 4.69) is 0 Å². The highest BCUT2D eigenvalue weighted by molar-refractivity contribution is 6.07. The lowest BCUT2D eigenvalue weighted by atomic mass is 9.99. The number of phenolic OH excluding ortho intramolecular Hbond substituents is 2. The topological polar surface area (TPSA) is 192 Å². The number of aliphatic hydroxyl groups excluding tert-OH is 4. The van der Waals surface area contributed by atoms with Gasteiger partial charge in [-0.25, -0.2) is 0 Å². The molecule has 5 unspecified atom stereocenters. The first-order valence-corrected chi connectivity index (χ1v) is 10.1. The Kier molecular flexibility index (Phi) is 5.26. The Labute approximate surface area is 189 Å². The number of phenols is 2. The van der Waals surface area contributed by atoms with E-state index in [1.54, 1.807) is 0 Å². The van der Waals surface area contributed by atoms with Crippen molar-refractivity contribution >= 4 is 33.1 Å². The number of benzene rings is 2. The summed E-state index contributed by atoms with van der Waals surface area (Å²) in [5, 5.41) is 60.0. The van der Waals surface area contributed by atoms with Crippen LogP contribution in [-0.4, -0.2) is 75.1 Å². The van der Waals surface area contributed by atoms with Crippen molar-refractivity contribution < 1.29 is 53.7 Å². The number of aromatic hydroxyl groups is 2. The van der Waals surface area contributed by atoms with Crippen molar-refractivity contribution in [3.63, 3.8) is 0 Å². The van der Waals surface area contributed by atoms with Gasteiger partial charge in [-0.3, -0.25) is 4.79 Å². The van der Waals surface area contributed by atoms with Gasteiger partial charge in [-0.15, -0.1) is 0 Å². The predicted octanol–water partition coefficient (Wildman–Crippen LogP) is 0.291. The number of hydrogen-bond acceptors (Lipinski definition) is 12. The van der Waals surface area contributed by atoms with Crippen molar-refractivity contribution in [3.8, 4) is 23.0 Å². The molecule has 5 rings (SSSR count). The van der Waals surface area contributed by atoms with Gasteiger partial charge in [-0.1, -0.05) is 0 Å². The SMILES string of the molecule is COc1cc2c(cc1O)oc1oc3cc(OC4OC(CO)C(O)C(O)C4O)cc(O)c3c(=O)c12. The number of fused-ring (bicyclic) bond motifs is 4. The van der Waals surface area contributed by atoms with Gasteiger partial charge in [-0.05, 0) is 6.07 Å². The molecule has 0 aliphatic carbocycles. The highest BCUT2D eigenvalue weighted by Crippen LogP contribution is 2.38. The van der Waals surface area contributed by atoms with Crippen LogP contribution in [0.15, 0.2) is 37.9 Å². The van der Waals surface area contributed by atoms with Gasteiger partial charge in [0.2, 0.25) is 11.7 Å². The first-order chi connectivity index (χ1) is 16.2. The third-order valence-corrected chi connectivity index (χ3v) is 5.77. The quantitative estimate of drug-likeness (QED) is 0.236. The number of methoxy groups -OCH3 is 1. The van der Waals surface area contributed by atoms with E-state index < -0.39 is 48.5 Å². The molecule has 2 aromatic carbocycles. The Bertz CT molecular complexity index is 1450. The number of ether oxygens (including phenoxy) is 3. The molecule has 0 radical (unpaired) electrons. The predicted molar refractivity (Wildman–Crippen MR) is 114 cm³/mol. The van der Waals surface area contributed by atoms with E-state index in [0.29, 0.717) is 5.39 Å². The fraction of sp³-hybridized carbons (Fsp3) is 0.318. The number of aliphatic hydroxyl groups is 4. The van der Waals surface area contributed by atoms with Crippen LogP contribution in [0.3, 0.4) is 0 Å². The maximum Gasteiger partial charge on any atom is 0.302 e. The zero-order valence-corrected chi connectivity index (χ0v) is 17.5. The van der Waals surface area contributed by atoms with Gasteiger partial charge in [0, 0.05) is 23.6 Å². The second-order valence-electron chi connectivity index (χ2n) is 7.85. The standard InChI is InChI=1S/C22H20O12/c1-30-12-4-8-11(5-9(12)24)32-21-15(8)18(27)16-10(25)2-7(3-13(16)33-21)31-22-20(29)19(28)17(26)14(6-23)34-22/h2-5,14,17,19-20,22-26,28-29H,6H2,1H3. The second kappa shape index (κ2) is 8.04. The molecule has 0 spiro atoms. The van der Waals surface area contributed by atoms with Gasteiger partial charge in [0.05, 0.1) is 13.7 Å². The Morgan fingerprint density at radius 1 is 0.912 bits per heavy atom. The van der Waals surface area contributed by atoms with Gasteiger partial charge < -0.3 is 53.7 Å². The van der Waals surface area contributed by atoms with E-state index >= 15 is 0 Å². The van der Waals surface area contributed by atoms with Crippen LogP contribution in [0, 0.1) is 0 Å². The minimum atomic E-state index is -1.68. The largest absolute Gasteiger partial charge is 0.507 e. The van der Waals surface area contributed by atoms with Crippen LogP contribution < -0.4 is 14.9 Å². The summed E-state index contributed by atoms with van der Waals surface area (Å²) in [6.07, 6.45) is -7.61. The Balaban J connectivity index is 1.61. The highest BCUT2D eigenvalue weighted by atomic mass is 16.7. The molecular formula is C22H20O12. The van der Waals surface area contributed by atoms with Crippen molar-refractivity contribution in [1.29, 1.82) is 0 Å². The van der Waals surface area contributed by atoms with Crippen LogP contribution in [0.1, 0.15) is 0 Å². The summed E-state index contributed by atoms with van der Waals surface area (Å²) >= 11 is 0. The van der Waals surface area contributed by atoms with E-state index in [4.69, 9.17) is 23.0 Å². The molecule has 3 heterocycles. The lowest BCUT2D eigenvalue weighted by molar-refractivity contribution is -0.277. The minimum Gasteiger partial charge on any atom is -0.507 e. The molecule has 4 aromatic rings. The smallest absolute Gasteiger partial charge is 0.302 e. The lowest BCUT2D eigenvalue weighted by Crippen LogP contribution is -2.60. The van der Waals surface area contributed by atoms with Crippen molar-refractivity contribution in [2.24, 2.45) is 0 Å². The maximum absolute atomic E-state index is 13.2. The summed E-state index contributed by atoms with van der Waals surface area (Å²) in [7, 11) is 1.35. The average Bonchev–Trinajstić information content (AvgIpc) is 3.15. The lowest BCUT2D eigenvalue weighted by Gasteiger charge is -2.39. The molecule has 0 amide bonds. The molecule has 34 heavy (non-hydrogen) atoms. The van der Waals surface area contributed by atoms with Gasteiger partial charge in [0.15, 0.2) is 11.5 Å². The van der Waals surface area contributed by atoms with Crippen LogP contribution >= 0.6 is 0 Å². The Hall–Kier alpha value is -3.55. The fourth-order valence-electron chi connectivity index (χ4n) is 4.02. The van der Waals surface area contributed by atoms with E-state index in [9.17, 15) is 35.4 Å². The molecule has 1 saturated heterocycles. The Morgan fingerprint density at radius 3 is 2.35 bits per heavy atom. The van der Waals surface area contributed by atoms with Gasteiger partial charge in [0.25, 0.3) is 0 Å². The maximum atomic E-state index is 13.2. The van der Waals surface area contributed by atoms with Gasteiger partial charge in [-0.2, -0.15) is 0 Å². The van der Waals surface area contributed by atoms with Crippen LogP contribution in [0.5, 0.6) is 23.0 Å². The molecule has 180 valence electrons. The molecule has 0 bridgehead atoms. The second-order valence-corrected chi connectivity index (χ2v) is 7.85. The molecular weight excluding hydrogens is 456 g/mol. The monoisotopic (exact) mass is 476 g/mol. The molecule has 1 aliphatic heterocycles. The molecule has 1 aliphatic rings. The van der Waals surface area contributed by atoms with Crippen molar-refractivity contribution in [2.75, 3.05) is 13.7 Å². The highest BCUT2D eigenvalue weighted by Gasteiger charge is 2.44. The summed E-state index contributed by atoms with van der Waals surface area (Å²) in [6, 6.07) is 5.00. The molecule has 2 aromatic heterocycles. The van der Waals surface area contributed by atoms with Crippen LogP contribution in [0.4, 0.5) is 0 Å². The zero-order chi connectivity index (χ0) is 24.3. The first kappa shape index (κ1) is 22.3. The molecule has 12 nitrogen and oxygen atoms in total. The summed E-state index contributed by atoms with van der Waals surface area (Å²) in [5.74, 6) is -0.879. The normalized spacial score (nSPS) is 25.3. The van der Waals surface area contributed by atoms with Crippen LogP contribution in [-0.2, 0) is 4.74 Å². The molecule has 1 fully saturated rings. The summed E-state index contributed by atoms with van der Waals surface area (Å²) in [4.78, 5) is 13.2. The van der Waals surface area contributed by atoms with E-state index in [1.807, 2.05) is 0 Å². The minimum absolute atomic E-state index is 0.0266. The van der Waals surface area contributed by atoms with Crippen molar-refractivity contribution in [3.05, 3.63) is 34.5 Å². The van der Waals surface area contributed by atoms with Gasteiger partial charge >= 0.3 is 5.78 Å². The molecule has 5 atom stereocenters.